The zero-order valence-corrected chi connectivity index (χ0v) is 12.6. The number of piperidine rings is 1. The second-order valence-electron chi connectivity index (χ2n) is 5.97. The van der Waals surface area contributed by atoms with Crippen LogP contribution in [0.3, 0.4) is 0 Å². The van der Waals surface area contributed by atoms with Crippen LogP contribution in [0.25, 0.3) is 0 Å². The molecule has 0 spiro atoms. The van der Waals surface area contributed by atoms with Crippen LogP contribution in [0.4, 0.5) is 0 Å². The van der Waals surface area contributed by atoms with E-state index in [9.17, 15) is 9.59 Å². The number of amides is 2. The molecule has 2 fully saturated rings. The van der Waals surface area contributed by atoms with Gasteiger partial charge >= 0.3 is 0 Å². The van der Waals surface area contributed by atoms with Crippen LogP contribution in [-0.2, 0) is 14.3 Å². The molecule has 0 saturated carbocycles. The average Bonchev–Trinajstić information content (AvgIpc) is 2.94. The molecule has 2 rings (SSSR count). The summed E-state index contributed by atoms with van der Waals surface area (Å²) in [6.45, 7) is 5.71. The average molecular weight is 282 g/mol. The third kappa shape index (κ3) is 3.72. The molecule has 0 bridgehead atoms. The van der Waals surface area contributed by atoms with Gasteiger partial charge in [0, 0.05) is 40.2 Å². The minimum atomic E-state index is 0.186. The van der Waals surface area contributed by atoms with Crippen molar-refractivity contribution in [2.75, 3.05) is 39.9 Å². The zero-order valence-electron chi connectivity index (χ0n) is 12.6. The highest BCUT2D eigenvalue weighted by Crippen LogP contribution is 2.32. The van der Waals surface area contributed by atoms with E-state index in [1.165, 1.54) is 0 Å². The topological polar surface area (TPSA) is 49.9 Å². The molecule has 0 aromatic heterocycles. The molecule has 0 aromatic carbocycles. The van der Waals surface area contributed by atoms with Gasteiger partial charge in [-0.1, -0.05) is 0 Å². The maximum Gasteiger partial charge on any atom is 0.224 e. The van der Waals surface area contributed by atoms with E-state index < -0.39 is 0 Å². The third-order valence-electron chi connectivity index (χ3n) is 4.75. The Kier molecular flexibility index (Phi) is 5.40. The van der Waals surface area contributed by atoms with Gasteiger partial charge < -0.3 is 14.5 Å². The molecular weight excluding hydrogens is 256 g/mol. The lowest BCUT2D eigenvalue weighted by atomic mass is 9.84. The SMILES string of the molecule is COCCC(=O)N1CCC(C2CCN(C(C)=O)CC2)C1. The predicted molar refractivity (Wildman–Crippen MR) is 76.2 cm³/mol. The quantitative estimate of drug-likeness (QED) is 0.776. The Morgan fingerprint density at radius 1 is 1.05 bits per heavy atom. The molecular formula is C15H26N2O3. The highest BCUT2D eigenvalue weighted by Gasteiger charge is 2.33. The van der Waals surface area contributed by atoms with E-state index in [1.807, 2.05) is 9.80 Å². The molecule has 2 aliphatic heterocycles. The first-order valence-electron chi connectivity index (χ1n) is 7.64. The zero-order chi connectivity index (χ0) is 14.5. The van der Waals surface area contributed by atoms with Gasteiger partial charge in [-0.05, 0) is 31.1 Å². The monoisotopic (exact) mass is 282 g/mol. The maximum atomic E-state index is 12.0. The summed E-state index contributed by atoms with van der Waals surface area (Å²) in [7, 11) is 1.63. The largest absolute Gasteiger partial charge is 0.384 e. The molecule has 0 N–H and O–H groups in total. The van der Waals surface area contributed by atoms with Gasteiger partial charge in [-0.25, -0.2) is 0 Å². The molecule has 0 aromatic rings. The van der Waals surface area contributed by atoms with Crippen LogP contribution in [0.1, 0.15) is 32.6 Å². The number of ether oxygens (including phenoxy) is 1. The Morgan fingerprint density at radius 2 is 1.65 bits per heavy atom. The van der Waals surface area contributed by atoms with Crippen molar-refractivity contribution in [3.05, 3.63) is 0 Å². The third-order valence-corrected chi connectivity index (χ3v) is 4.75. The first-order valence-corrected chi connectivity index (χ1v) is 7.64. The minimum absolute atomic E-state index is 0.186. The van der Waals surface area contributed by atoms with Gasteiger partial charge in [0.15, 0.2) is 0 Å². The summed E-state index contributed by atoms with van der Waals surface area (Å²) < 4.78 is 4.96. The summed E-state index contributed by atoms with van der Waals surface area (Å²) in [5.74, 6) is 1.70. The Hall–Kier alpha value is -1.10. The summed E-state index contributed by atoms with van der Waals surface area (Å²) in [5.41, 5.74) is 0. The molecule has 1 atom stereocenters. The number of carbonyl (C=O) groups excluding carboxylic acids is 2. The molecule has 2 saturated heterocycles. The molecule has 0 radical (unpaired) electrons. The van der Waals surface area contributed by atoms with Crippen LogP contribution >= 0.6 is 0 Å². The fraction of sp³-hybridized carbons (Fsp3) is 0.867. The van der Waals surface area contributed by atoms with Crippen LogP contribution in [0.2, 0.25) is 0 Å². The Labute approximate surface area is 121 Å². The molecule has 5 heteroatoms. The standard InChI is InChI=1S/C15H26N2O3/c1-12(18)16-7-3-13(4-8-16)14-5-9-17(11-14)15(19)6-10-20-2/h13-14H,3-11H2,1-2H3. The molecule has 1 unspecified atom stereocenters. The van der Waals surface area contributed by atoms with Crippen molar-refractivity contribution in [3.63, 3.8) is 0 Å². The van der Waals surface area contributed by atoms with Crippen LogP contribution in [0.5, 0.6) is 0 Å². The highest BCUT2D eigenvalue weighted by atomic mass is 16.5. The lowest BCUT2D eigenvalue weighted by Crippen LogP contribution is -2.39. The molecule has 2 aliphatic rings. The van der Waals surface area contributed by atoms with Gasteiger partial charge in [0.1, 0.15) is 0 Å². The number of hydrogen-bond donors (Lipinski definition) is 0. The Bertz CT molecular complexity index is 351. The molecule has 20 heavy (non-hydrogen) atoms. The summed E-state index contributed by atoms with van der Waals surface area (Å²) in [4.78, 5) is 27.2. The normalized spacial score (nSPS) is 24.2. The lowest BCUT2D eigenvalue weighted by Gasteiger charge is -2.34. The molecule has 0 aliphatic carbocycles. The van der Waals surface area contributed by atoms with E-state index in [1.54, 1.807) is 14.0 Å². The smallest absolute Gasteiger partial charge is 0.224 e. The first-order chi connectivity index (χ1) is 9.61. The Morgan fingerprint density at radius 3 is 2.25 bits per heavy atom. The summed E-state index contributed by atoms with van der Waals surface area (Å²) in [6, 6.07) is 0. The van der Waals surface area contributed by atoms with Gasteiger partial charge in [0.05, 0.1) is 13.0 Å². The van der Waals surface area contributed by atoms with Crippen molar-refractivity contribution in [3.8, 4) is 0 Å². The summed E-state index contributed by atoms with van der Waals surface area (Å²) in [6.07, 6.45) is 3.78. The van der Waals surface area contributed by atoms with E-state index in [0.717, 1.165) is 45.4 Å². The second kappa shape index (κ2) is 7.07. The predicted octanol–water partition coefficient (Wildman–Crippen LogP) is 1.13. The van der Waals surface area contributed by atoms with E-state index in [0.29, 0.717) is 24.9 Å². The Balaban J connectivity index is 1.76. The fourth-order valence-corrected chi connectivity index (χ4v) is 3.43. The van der Waals surface area contributed by atoms with Gasteiger partial charge in [0.25, 0.3) is 0 Å². The number of likely N-dealkylation sites (tertiary alicyclic amines) is 2. The summed E-state index contributed by atoms with van der Waals surface area (Å²) in [5, 5.41) is 0. The fourth-order valence-electron chi connectivity index (χ4n) is 3.43. The minimum Gasteiger partial charge on any atom is -0.384 e. The lowest BCUT2D eigenvalue weighted by molar-refractivity contribution is -0.131. The van der Waals surface area contributed by atoms with Crippen LogP contribution in [0, 0.1) is 11.8 Å². The van der Waals surface area contributed by atoms with Crippen LogP contribution < -0.4 is 0 Å². The van der Waals surface area contributed by atoms with Gasteiger partial charge in [-0.3, -0.25) is 9.59 Å². The number of hydrogen-bond acceptors (Lipinski definition) is 3. The van der Waals surface area contributed by atoms with Crippen LogP contribution in [-0.4, -0.2) is 61.5 Å². The maximum absolute atomic E-state index is 12.0. The second-order valence-corrected chi connectivity index (χ2v) is 5.97. The first kappa shape index (κ1) is 15.3. The van der Waals surface area contributed by atoms with E-state index >= 15 is 0 Å². The van der Waals surface area contributed by atoms with Crippen molar-refractivity contribution in [1.82, 2.24) is 9.80 Å². The summed E-state index contributed by atoms with van der Waals surface area (Å²) >= 11 is 0. The number of carbonyl (C=O) groups is 2. The van der Waals surface area contributed by atoms with E-state index in [4.69, 9.17) is 4.74 Å². The van der Waals surface area contributed by atoms with E-state index in [2.05, 4.69) is 0 Å². The van der Waals surface area contributed by atoms with Crippen molar-refractivity contribution in [2.45, 2.75) is 32.6 Å². The number of methoxy groups -OCH3 is 1. The van der Waals surface area contributed by atoms with Crippen molar-refractivity contribution < 1.29 is 14.3 Å². The molecule has 5 nitrogen and oxygen atoms in total. The molecule has 114 valence electrons. The molecule has 2 heterocycles. The molecule has 2 amide bonds. The van der Waals surface area contributed by atoms with Gasteiger partial charge in [-0.15, -0.1) is 0 Å². The van der Waals surface area contributed by atoms with Crippen molar-refractivity contribution >= 4 is 11.8 Å². The van der Waals surface area contributed by atoms with Crippen molar-refractivity contribution in [2.24, 2.45) is 11.8 Å². The highest BCUT2D eigenvalue weighted by molar-refractivity contribution is 5.76. The number of rotatable bonds is 4. The van der Waals surface area contributed by atoms with E-state index in [-0.39, 0.29) is 11.8 Å². The van der Waals surface area contributed by atoms with Gasteiger partial charge in [-0.2, -0.15) is 0 Å². The van der Waals surface area contributed by atoms with Crippen molar-refractivity contribution in [1.29, 1.82) is 0 Å². The van der Waals surface area contributed by atoms with Crippen LogP contribution in [0.15, 0.2) is 0 Å². The number of nitrogens with zero attached hydrogens (tertiary/aromatic N) is 2. The van der Waals surface area contributed by atoms with Gasteiger partial charge in [0.2, 0.25) is 11.8 Å².